The first-order chi connectivity index (χ1) is 9.87. The number of carbonyl (C=O) groups is 2. The van der Waals surface area contributed by atoms with E-state index < -0.39 is 0 Å². The van der Waals surface area contributed by atoms with Gasteiger partial charge in [0.05, 0.1) is 5.88 Å². The Morgan fingerprint density at radius 3 is 2.50 bits per heavy atom. The summed E-state index contributed by atoms with van der Waals surface area (Å²) in [6, 6.07) is -0.0383. The second-order valence-electron chi connectivity index (χ2n) is 7.15. The minimum Gasteiger partial charge on any atom is -0.351 e. The van der Waals surface area contributed by atoms with Crippen molar-refractivity contribution in [2.24, 2.45) is 5.41 Å². The summed E-state index contributed by atoms with van der Waals surface area (Å²) in [5, 5.41) is 6.41. The molecule has 22 heavy (non-hydrogen) atoms. The summed E-state index contributed by atoms with van der Waals surface area (Å²) in [4.78, 5) is 26.6. The SMILES string of the molecule is CC(C)(C)CC(=O)N1CSCC1C(=O)NC1CCNCC1.Cl. The van der Waals surface area contributed by atoms with Gasteiger partial charge in [0.25, 0.3) is 0 Å². The highest BCUT2D eigenvalue weighted by molar-refractivity contribution is 7.99. The first-order valence-corrected chi connectivity index (χ1v) is 8.90. The third-order valence-electron chi connectivity index (χ3n) is 3.87. The fourth-order valence-electron chi connectivity index (χ4n) is 2.72. The van der Waals surface area contributed by atoms with Crippen LogP contribution in [0.15, 0.2) is 0 Å². The summed E-state index contributed by atoms with van der Waals surface area (Å²) in [5.41, 5.74) is -0.0413. The van der Waals surface area contributed by atoms with E-state index in [2.05, 4.69) is 31.4 Å². The average Bonchev–Trinajstić information content (AvgIpc) is 2.87. The van der Waals surface area contributed by atoms with E-state index >= 15 is 0 Å². The molecule has 5 nitrogen and oxygen atoms in total. The molecule has 2 amide bonds. The van der Waals surface area contributed by atoms with E-state index in [1.54, 1.807) is 16.7 Å². The van der Waals surface area contributed by atoms with Gasteiger partial charge in [-0.1, -0.05) is 20.8 Å². The molecule has 2 heterocycles. The van der Waals surface area contributed by atoms with Crippen molar-refractivity contribution < 1.29 is 9.59 Å². The second-order valence-corrected chi connectivity index (χ2v) is 8.15. The molecule has 2 fully saturated rings. The fraction of sp³-hybridized carbons (Fsp3) is 0.867. The summed E-state index contributed by atoms with van der Waals surface area (Å²) >= 11 is 1.67. The fourth-order valence-corrected chi connectivity index (χ4v) is 3.91. The van der Waals surface area contributed by atoms with Crippen LogP contribution in [0, 0.1) is 5.41 Å². The zero-order valence-electron chi connectivity index (χ0n) is 13.7. The summed E-state index contributed by atoms with van der Waals surface area (Å²) in [5.74, 6) is 1.47. The van der Waals surface area contributed by atoms with Gasteiger partial charge < -0.3 is 15.5 Å². The number of nitrogens with one attached hydrogen (secondary N) is 2. The van der Waals surface area contributed by atoms with Gasteiger partial charge >= 0.3 is 0 Å². The second kappa shape index (κ2) is 8.41. The molecule has 128 valence electrons. The Morgan fingerprint density at radius 1 is 1.27 bits per heavy atom. The van der Waals surface area contributed by atoms with Crippen LogP contribution in [0.4, 0.5) is 0 Å². The highest BCUT2D eigenvalue weighted by Crippen LogP contribution is 2.26. The van der Waals surface area contributed by atoms with Crippen molar-refractivity contribution >= 4 is 36.0 Å². The summed E-state index contributed by atoms with van der Waals surface area (Å²) in [6.45, 7) is 8.07. The van der Waals surface area contributed by atoms with Crippen LogP contribution in [0.1, 0.15) is 40.0 Å². The van der Waals surface area contributed by atoms with Gasteiger partial charge in [0.15, 0.2) is 0 Å². The van der Waals surface area contributed by atoms with Gasteiger partial charge in [-0.25, -0.2) is 0 Å². The Kier molecular flexibility index (Phi) is 7.49. The van der Waals surface area contributed by atoms with Crippen LogP contribution in [0.25, 0.3) is 0 Å². The lowest BCUT2D eigenvalue weighted by Crippen LogP contribution is -2.52. The maximum atomic E-state index is 12.5. The van der Waals surface area contributed by atoms with Crippen molar-refractivity contribution in [3.63, 3.8) is 0 Å². The van der Waals surface area contributed by atoms with Gasteiger partial charge in [-0.15, -0.1) is 24.2 Å². The number of thioether (sulfide) groups is 1. The summed E-state index contributed by atoms with van der Waals surface area (Å²) in [7, 11) is 0. The molecule has 0 aromatic heterocycles. The molecule has 2 N–H and O–H groups in total. The van der Waals surface area contributed by atoms with Gasteiger partial charge in [-0.3, -0.25) is 9.59 Å². The Labute approximate surface area is 143 Å². The maximum Gasteiger partial charge on any atom is 0.243 e. The monoisotopic (exact) mass is 349 g/mol. The van der Waals surface area contributed by atoms with Crippen molar-refractivity contribution in [2.45, 2.75) is 52.1 Å². The van der Waals surface area contributed by atoms with Crippen LogP contribution in [0.2, 0.25) is 0 Å². The number of hydrogen-bond donors (Lipinski definition) is 2. The molecule has 2 rings (SSSR count). The van der Waals surface area contributed by atoms with E-state index in [0.29, 0.717) is 18.1 Å². The average molecular weight is 350 g/mol. The van der Waals surface area contributed by atoms with Crippen LogP contribution >= 0.6 is 24.2 Å². The van der Waals surface area contributed by atoms with E-state index in [1.807, 2.05) is 0 Å². The number of piperidine rings is 1. The Bertz CT molecular complexity index is 395. The van der Waals surface area contributed by atoms with Gasteiger partial charge in [0, 0.05) is 18.2 Å². The van der Waals surface area contributed by atoms with E-state index in [0.717, 1.165) is 25.9 Å². The highest BCUT2D eigenvalue weighted by atomic mass is 35.5. The van der Waals surface area contributed by atoms with Crippen molar-refractivity contribution in [1.29, 1.82) is 0 Å². The lowest BCUT2D eigenvalue weighted by Gasteiger charge is -2.29. The number of halogens is 1. The Morgan fingerprint density at radius 2 is 1.91 bits per heavy atom. The topological polar surface area (TPSA) is 61.4 Å². The van der Waals surface area contributed by atoms with Gasteiger partial charge in [0.2, 0.25) is 11.8 Å². The summed E-state index contributed by atoms with van der Waals surface area (Å²) in [6.07, 6.45) is 2.44. The van der Waals surface area contributed by atoms with E-state index in [4.69, 9.17) is 0 Å². The zero-order valence-corrected chi connectivity index (χ0v) is 15.3. The largest absolute Gasteiger partial charge is 0.351 e. The van der Waals surface area contributed by atoms with Crippen molar-refractivity contribution in [2.75, 3.05) is 24.7 Å². The minimum atomic E-state index is -0.292. The molecule has 2 saturated heterocycles. The van der Waals surface area contributed by atoms with E-state index in [-0.39, 0.29) is 41.7 Å². The lowest BCUT2D eigenvalue weighted by molar-refractivity contribution is -0.139. The first kappa shape index (κ1) is 19.6. The molecular weight excluding hydrogens is 322 g/mol. The number of rotatable bonds is 3. The molecule has 0 radical (unpaired) electrons. The van der Waals surface area contributed by atoms with Gasteiger partial charge in [0.1, 0.15) is 6.04 Å². The van der Waals surface area contributed by atoms with E-state index in [9.17, 15) is 9.59 Å². The number of carbonyl (C=O) groups excluding carboxylic acids is 2. The molecule has 7 heteroatoms. The minimum absolute atomic E-state index is 0. The molecular formula is C15H28ClN3O2S. The molecule has 0 bridgehead atoms. The number of nitrogens with zero attached hydrogens (tertiary/aromatic N) is 1. The van der Waals surface area contributed by atoms with E-state index in [1.165, 1.54) is 0 Å². The molecule has 2 aliphatic rings. The predicted molar refractivity (Wildman–Crippen MR) is 93.3 cm³/mol. The Hall–Kier alpha value is -0.460. The standard InChI is InChI=1S/C15H27N3O2S.ClH/c1-15(2,3)8-13(19)18-10-21-9-12(18)14(20)17-11-4-6-16-7-5-11;/h11-12,16H,4-10H2,1-3H3,(H,17,20);1H. The van der Waals surface area contributed by atoms with Crippen LogP contribution in [-0.4, -0.2) is 53.5 Å². The van der Waals surface area contributed by atoms with Crippen LogP contribution < -0.4 is 10.6 Å². The molecule has 0 aliphatic carbocycles. The third kappa shape index (κ3) is 5.63. The van der Waals surface area contributed by atoms with Crippen LogP contribution in [-0.2, 0) is 9.59 Å². The van der Waals surface area contributed by atoms with Crippen molar-refractivity contribution in [3.8, 4) is 0 Å². The van der Waals surface area contributed by atoms with Crippen molar-refractivity contribution in [1.82, 2.24) is 15.5 Å². The quantitative estimate of drug-likeness (QED) is 0.812. The van der Waals surface area contributed by atoms with Crippen LogP contribution in [0.3, 0.4) is 0 Å². The molecule has 0 aromatic carbocycles. The smallest absolute Gasteiger partial charge is 0.243 e. The van der Waals surface area contributed by atoms with Gasteiger partial charge in [-0.05, 0) is 31.3 Å². The zero-order chi connectivity index (χ0) is 15.5. The molecule has 0 spiro atoms. The number of amides is 2. The van der Waals surface area contributed by atoms with Gasteiger partial charge in [-0.2, -0.15) is 0 Å². The molecule has 2 aliphatic heterocycles. The molecule has 1 unspecified atom stereocenters. The lowest BCUT2D eigenvalue weighted by atomic mass is 9.91. The Balaban J connectivity index is 0.00000242. The first-order valence-electron chi connectivity index (χ1n) is 7.75. The molecule has 0 saturated carbocycles. The molecule has 1 atom stereocenters. The van der Waals surface area contributed by atoms with Crippen LogP contribution in [0.5, 0.6) is 0 Å². The highest BCUT2D eigenvalue weighted by Gasteiger charge is 2.36. The third-order valence-corrected chi connectivity index (χ3v) is 4.88. The predicted octanol–water partition coefficient (Wildman–Crippen LogP) is 1.61. The van der Waals surface area contributed by atoms with Crippen molar-refractivity contribution in [3.05, 3.63) is 0 Å². The normalized spacial score (nSPS) is 23.0. The summed E-state index contributed by atoms with van der Waals surface area (Å²) < 4.78 is 0. The maximum absolute atomic E-state index is 12.5. The number of hydrogen-bond acceptors (Lipinski definition) is 4. The molecule has 0 aromatic rings.